The molecule has 0 saturated carbocycles. The van der Waals surface area contributed by atoms with E-state index in [-0.39, 0.29) is 15.8 Å². The van der Waals surface area contributed by atoms with Gasteiger partial charge in [-0.1, -0.05) is 0 Å². The van der Waals surface area contributed by atoms with Crippen LogP contribution in [0.2, 0.25) is 0 Å². The standard InChI is InChI=1S/C9H7BrN2O4S3/c10-6-1-2-17-8(6)19(15,16)12-9-11-5(4-18-9)3-7(13)14/h1-2,4H,3H2,(H,11,12)(H,13,14). The predicted molar refractivity (Wildman–Crippen MR) is 76.3 cm³/mol. The number of carbonyl (C=O) groups is 1. The van der Waals surface area contributed by atoms with Gasteiger partial charge >= 0.3 is 5.97 Å². The zero-order valence-electron chi connectivity index (χ0n) is 9.16. The summed E-state index contributed by atoms with van der Waals surface area (Å²) >= 11 is 5.27. The van der Waals surface area contributed by atoms with Gasteiger partial charge in [-0.15, -0.1) is 22.7 Å². The van der Waals surface area contributed by atoms with Gasteiger partial charge in [0, 0.05) is 9.85 Å². The van der Waals surface area contributed by atoms with Crippen molar-refractivity contribution >= 4 is 59.7 Å². The summed E-state index contributed by atoms with van der Waals surface area (Å²) < 4.78 is 27.0. The van der Waals surface area contributed by atoms with Crippen molar-refractivity contribution in [3.8, 4) is 0 Å². The fourth-order valence-electron chi connectivity index (χ4n) is 1.22. The van der Waals surface area contributed by atoms with Crippen LogP contribution in [0.15, 0.2) is 25.5 Å². The second kappa shape index (κ2) is 5.57. The molecule has 0 aliphatic heterocycles. The Morgan fingerprint density at radius 2 is 2.21 bits per heavy atom. The van der Waals surface area contributed by atoms with Crippen LogP contribution >= 0.6 is 38.6 Å². The number of halogens is 1. The first-order valence-corrected chi connectivity index (χ1v) is 8.84. The number of hydrogen-bond donors (Lipinski definition) is 2. The number of thiazole rings is 1. The second-order valence-electron chi connectivity index (χ2n) is 3.38. The van der Waals surface area contributed by atoms with E-state index in [1.807, 2.05) is 0 Å². The van der Waals surface area contributed by atoms with Crippen molar-refractivity contribution < 1.29 is 18.3 Å². The maximum atomic E-state index is 12.0. The first-order valence-electron chi connectivity index (χ1n) is 4.80. The fourth-order valence-corrected chi connectivity index (χ4v) is 5.52. The van der Waals surface area contributed by atoms with Gasteiger partial charge in [0.15, 0.2) is 9.34 Å². The molecule has 2 N–H and O–H groups in total. The van der Waals surface area contributed by atoms with Crippen molar-refractivity contribution in [1.82, 2.24) is 4.98 Å². The van der Waals surface area contributed by atoms with E-state index in [2.05, 4.69) is 25.6 Å². The number of rotatable bonds is 5. The molecule has 102 valence electrons. The van der Waals surface area contributed by atoms with E-state index >= 15 is 0 Å². The molecule has 0 aliphatic carbocycles. The SMILES string of the molecule is O=C(O)Cc1csc(NS(=O)(=O)c2sccc2Br)n1. The molecule has 10 heteroatoms. The number of hydrogen-bond acceptors (Lipinski definition) is 6. The van der Waals surface area contributed by atoms with Crippen molar-refractivity contribution in [2.24, 2.45) is 0 Å². The largest absolute Gasteiger partial charge is 0.481 e. The zero-order valence-corrected chi connectivity index (χ0v) is 13.2. The van der Waals surface area contributed by atoms with Crippen molar-refractivity contribution in [2.75, 3.05) is 4.72 Å². The lowest BCUT2D eigenvalue weighted by Gasteiger charge is -2.02. The minimum absolute atomic E-state index is 0.150. The Morgan fingerprint density at radius 1 is 1.47 bits per heavy atom. The lowest BCUT2D eigenvalue weighted by molar-refractivity contribution is -0.136. The molecule has 2 aromatic heterocycles. The van der Waals surface area contributed by atoms with Crippen LogP contribution in [0, 0.1) is 0 Å². The summed E-state index contributed by atoms with van der Waals surface area (Å²) in [4.78, 5) is 14.4. The summed E-state index contributed by atoms with van der Waals surface area (Å²) in [6.45, 7) is 0. The number of nitrogens with zero attached hydrogens (tertiary/aromatic N) is 1. The average Bonchev–Trinajstić information content (AvgIpc) is 2.86. The Hall–Kier alpha value is -0.970. The van der Waals surface area contributed by atoms with Gasteiger partial charge in [-0.25, -0.2) is 13.4 Å². The summed E-state index contributed by atoms with van der Waals surface area (Å²) in [5.41, 5.74) is 0.320. The summed E-state index contributed by atoms with van der Waals surface area (Å²) in [5.74, 6) is -1.01. The smallest absolute Gasteiger partial charge is 0.309 e. The molecule has 0 radical (unpaired) electrons. The van der Waals surface area contributed by atoms with E-state index in [1.54, 1.807) is 11.4 Å². The molecule has 0 aromatic carbocycles. The van der Waals surface area contributed by atoms with E-state index in [4.69, 9.17) is 5.11 Å². The quantitative estimate of drug-likeness (QED) is 0.827. The molecule has 0 unspecified atom stereocenters. The Labute approximate surface area is 125 Å². The maximum absolute atomic E-state index is 12.0. The molecule has 6 nitrogen and oxygen atoms in total. The maximum Gasteiger partial charge on any atom is 0.309 e. The van der Waals surface area contributed by atoms with Gasteiger partial charge in [-0.3, -0.25) is 9.52 Å². The molecule has 2 aromatic rings. The number of aliphatic carboxylic acids is 1. The molecule has 0 aliphatic rings. The normalized spacial score (nSPS) is 11.4. The fraction of sp³-hybridized carbons (Fsp3) is 0.111. The molecule has 0 saturated heterocycles. The van der Waals surface area contributed by atoms with Crippen molar-refractivity contribution in [3.05, 3.63) is 27.0 Å². The van der Waals surface area contributed by atoms with Crippen LogP contribution in [0.4, 0.5) is 5.13 Å². The van der Waals surface area contributed by atoms with Gasteiger partial charge in [0.2, 0.25) is 0 Å². The first-order chi connectivity index (χ1) is 8.88. The molecule has 0 amide bonds. The number of nitrogens with one attached hydrogen (secondary N) is 1. The highest BCUT2D eigenvalue weighted by Gasteiger charge is 2.20. The van der Waals surface area contributed by atoms with Gasteiger partial charge in [0.1, 0.15) is 0 Å². The van der Waals surface area contributed by atoms with Gasteiger partial charge in [0.25, 0.3) is 10.0 Å². The predicted octanol–water partition coefficient (Wildman–Crippen LogP) is 2.40. The third kappa shape index (κ3) is 3.53. The van der Waals surface area contributed by atoms with Gasteiger partial charge in [-0.05, 0) is 27.4 Å². The number of thiophene rings is 1. The van der Waals surface area contributed by atoms with E-state index in [1.165, 1.54) is 5.38 Å². The number of sulfonamides is 1. The molecule has 0 fully saturated rings. The van der Waals surface area contributed by atoms with Crippen LogP contribution in [0.3, 0.4) is 0 Å². The molecule has 2 rings (SSSR count). The lowest BCUT2D eigenvalue weighted by atomic mass is 10.3. The highest BCUT2D eigenvalue weighted by molar-refractivity contribution is 9.10. The number of anilines is 1. The van der Waals surface area contributed by atoms with Crippen molar-refractivity contribution in [3.63, 3.8) is 0 Å². The average molecular weight is 383 g/mol. The number of aromatic nitrogens is 1. The molecule has 0 spiro atoms. The first kappa shape index (κ1) is 14.4. The van der Waals surface area contributed by atoms with E-state index < -0.39 is 16.0 Å². The van der Waals surface area contributed by atoms with E-state index in [0.29, 0.717) is 10.2 Å². The molecule has 0 atom stereocenters. The van der Waals surface area contributed by atoms with Crippen LogP contribution in [0.5, 0.6) is 0 Å². The number of carboxylic acid groups (broad SMARTS) is 1. The minimum Gasteiger partial charge on any atom is -0.481 e. The summed E-state index contributed by atoms with van der Waals surface area (Å²) in [5, 5.41) is 11.9. The second-order valence-corrected chi connectivity index (χ2v) is 7.88. The molecule has 19 heavy (non-hydrogen) atoms. The summed E-state index contributed by atoms with van der Waals surface area (Å²) in [6.07, 6.45) is -0.235. The zero-order chi connectivity index (χ0) is 14.0. The van der Waals surface area contributed by atoms with E-state index in [9.17, 15) is 13.2 Å². The molecular weight excluding hydrogens is 376 g/mol. The van der Waals surface area contributed by atoms with Gasteiger partial charge in [0.05, 0.1) is 12.1 Å². The van der Waals surface area contributed by atoms with Crippen LogP contribution in [-0.2, 0) is 21.2 Å². The molecule has 0 bridgehead atoms. The van der Waals surface area contributed by atoms with Crippen LogP contribution < -0.4 is 4.72 Å². The highest BCUT2D eigenvalue weighted by Crippen LogP contribution is 2.30. The molecular formula is C9H7BrN2O4S3. The van der Waals surface area contributed by atoms with Crippen LogP contribution in [-0.4, -0.2) is 24.5 Å². The highest BCUT2D eigenvalue weighted by atomic mass is 79.9. The van der Waals surface area contributed by atoms with Crippen LogP contribution in [0.25, 0.3) is 0 Å². The Morgan fingerprint density at radius 3 is 2.79 bits per heavy atom. The Kier molecular flexibility index (Phi) is 4.23. The topological polar surface area (TPSA) is 96.4 Å². The van der Waals surface area contributed by atoms with Crippen molar-refractivity contribution in [1.29, 1.82) is 0 Å². The van der Waals surface area contributed by atoms with E-state index in [0.717, 1.165) is 22.7 Å². The van der Waals surface area contributed by atoms with Gasteiger partial charge < -0.3 is 5.11 Å². The third-order valence-corrected chi connectivity index (χ3v) is 6.88. The summed E-state index contributed by atoms with van der Waals surface area (Å²) in [7, 11) is -3.69. The monoisotopic (exact) mass is 382 g/mol. The van der Waals surface area contributed by atoms with Crippen molar-refractivity contribution in [2.45, 2.75) is 10.6 Å². The Balaban J connectivity index is 2.19. The van der Waals surface area contributed by atoms with Crippen LogP contribution in [0.1, 0.15) is 5.69 Å². The summed E-state index contributed by atoms with van der Waals surface area (Å²) in [6, 6.07) is 1.64. The van der Waals surface area contributed by atoms with Gasteiger partial charge in [-0.2, -0.15) is 0 Å². The third-order valence-electron chi connectivity index (χ3n) is 1.93. The minimum atomic E-state index is -3.69. The Bertz CT molecular complexity index is 707. The lowest BCUT2D eigenvalue weighted by Crippen LogP contribution is -2.12. The number of carboxylic acids is 1. The molecule has 2 heterocycles.